The minimum atomic E-state index is 0.124. The number of hydrogen-bond acceptors (Lipinski definition) is 6. The van der Waals surface area contributed by atoms with E-state index in [2.05, 4.69) is 4.90 Å². The molecule has 0 spiro atoms. The van der Waals surface area contributed by atoms with Crippen molar-refractivity contribution in [2.24, 2.45) is 0 Å². The lowest BCUT2D eigenvalue weighted by Crippen LogP contribution is -2.53. The van der Waals surface area contributed by atoms with Gasteiger partial charge in [0.2, 0.25) is 11.8 Å². The molecule has 2 fully saturated rings. The Bertz CT molecular complexity index is 641. The van der Waals surface area contributed by atoms with E-state index in [-0.39, 0.29) is 11.8 Å². The Balaban J connectivity index is 1.37. The van der Waals surface area contributed by atoms with Crippen LogP contribution in [0.4, 0.5) is 0 Å². The summed E-state index contributed by atoms with van der Waals surface area (Å²) in [5, 5.41) is 0. The summed E-state index contributed by atoms with van der Waals surface area (Å²) in [6.07, 6.45) is 0. The van der Waals surface area contributed by atoms with Crippen LogP contribution in [0.15, 0.2) is 29.2 Å². The molecule has 0 unspecified atom stereocenters. The summed E-state index contributed by atoms with van der Waals surface area (Å²) in [4.78, 5) is 31.9. The standard InChI is InChI=1S/C20H29N3O4S/c1-2-27-17-3-5-18(6-4-17)28-16-20(25)23-9-7-22(8-10-23)19(24)15-21-11-13-26-14-12-21/h3-6H,2,7-16H2,1H3. The van der Waals surface area contributed by atoms with Crippen LogP contribution in [0.5, 0.6) is 5.75 Å². The first-order valence-electron chi connectivity index (χ1n) is 9.87. The molecule has 0 N–H and O–H groups in total. The SMILES string of the molecule is CCOc1ccc(SCC(=O)N2CCN(C(=O)CN3CCOCC3)CC2)cc1. The number of rotatable bonds is 7. The van der Waals surface area contributed by atoms with Crippen molar-refractivity contribution >= 4 is 23.6 Å². The molecule has 1 aromatic carbocycles. The van der Waals surface area contributed by atoms with Crippen molar-refractivity contribution in [3.8, 4) is 5.75 Å². The van der Waals surface area contributed by atoms with E-state index in [1.54, 1.807) is 0 Å². The quantitative estimate of drug-likeness (QED) is 0.633. The average Bonchev–Trinajstić information content (AvgIpc) is 2.74. The maximum atomic E-state index is 12.5. The zero-order valence-electron chi connectivity index (χ0n) is 16.5. The minimum Gasteiger partial charge on any atom is -0.494 e. The van der Waals surface area contributed by atoms with E-state index in [1.807, 2.05) is 41.0 Å². The molecule has 28 heavy (non-hydrogen) atoms. The molecule has 0 aliphatic carbocycles. The Hall–Kier alpha value is -1.77. The fourth-order valence-corrected chi connectivity index (χ4v) is 4.09. The number of morpholine rings is 1. The first-order chi connectivity index (χ1) is 13.7. The lowest BCUT2D eigenvalue weighted by molar-refractivity contribution is -0.139. The molecule has 2 aliphatic rings. The molecule has 0 atom stereocenters. The third kappa shape index (κ3) is 6.12. The fraction of sp³-hybridized carbons (Fsp3) is 0.600. The predicted octanol–water partition coefficient (Wildman–Crippen LogP) is 1.18. The molecule has 0 radical (unpaired) electrons. The topological polar surface area (TPSA) is 62.3 Å². The number of ether oxygens (including phenoxy) is 2. The van der Waals surface area contributed by atoms with Crippen molar-refractivity contribution in [3.05, 3.63) is 24.3 Å². The first-order valence-corrected chi connectivity index (χ1v) is 10.9. The van der Waals surface area contributed by atoms with Gasteiger partial charge in [-0.25, -0.2) is 0 Å². The molecule has 154 valence electrons. The van der Waals surface area contributed by atoms with Gasteiger partial charge in [0.1, 0.15) is 5.75 Å². The molecular formula is C20H29N3O4S. The molecule has 3 rings (SSSR count). The number of carbonyl (C=O) groups is 2. The highest BCUT2D eigenvalue weighted by atomic mass is 32.2. The van der Waals surface area contributed by atoms with Crippen molar-refractivity contribution in [1.29, 1.82) is 0 Å². The molecule has 0 aromatic heterocycles. The van der Waals surface area contributed by atoms with Crippen molar-refractivity contribution in [2.45, 2.75) is 11.8 Å². The van der Waals surface area contributed by atoms with Crippen LogP contribution < -0.4 is 4.74 Å². The lowest BCUT2D eigenvalue weighted by Gasteiger charge is -2.36. The minimum absolute atomic E-state index is 0.124. The van der Waals surface area contributed by atoms with Crippen molar-refractivity contribution in [2.75, 3.05) is 71.4 Å². The predicted molar refractivity (Wildman–Crippen MR) is 109 cm³/mol. The van der Waals surface area contributed by atoms with Gasteiger partial charge in [0.25, 0.3) is 0 Å². The number of hydrogen-bond donors (Lipinski definition) is 0. The molecule has 2 saturated heterocycles. The molecule has 2 aliphatic heterocycles. The summed E-state index contributed by atoms with van der Waals surface area (Å²) in [5.41, 5.74) is 0. The van der Waals surface area contributed by atoms with Crippen LogP contribution in [-0.2, 0) is 14.3 Å². The van der Waals surface area contributed by atoms with E-state index in [0.717, 1.165) is 23.7 Å². The fourth-order valence-electron chi connectivity index (χ4n) is 3.29. The highest BCUT2D eigenvalue weighted by molar-refractivity contribution is 8.00. The highest BCUT2D eigenvalue weighted by Crippen LogP contribution is 2.22. The first kappa shape index (κ1) is 21.0. The van der Waals surface area contributed by atoms with Crippen molar-refractivity contribution in [1.82, 2.24) is 14.7 Å². The second-order valence-corrected chi connectivity index (χ2v) is 7.89. The van der Waals surface area contributed by atoms with Gasteiger partial charge in [-0.15, -0.1) is 11.8 Å². The monoisotopic (exact) mass is 407 g/mol. The van der Waals surface area contributed by atoms with Crippen LogP contribution in [0, 0.1) is 0 Å². The van der Waals surface area contributed by atoms with E-state index < -0.39 is 0 Å². The third-order valence-electron chi connectivity index (χ3n) is 4.94. The largest absolute Gasteiger partial charge is 0.494 e. The molecule has 2 amide bonds. The van der Waals surface area contributed by atoms with E-state index in [0.29, 0.717) is 58.3 Å². The van der Waals surface area contributed by atoms with Crippen LogP contribution in [0.25, 0.3) is 0 Å². The van der Waals surface area contributed by atoms with Crippen LogP contribution >= 0.6 is 11.8 Å². The molecule has 8 heteroatoms. The summed E-state index contributed by atoms with van der Waals surface area (Å²) >= 11 is 1.53. The number of amides is 2. The van der Waals surface area contributed by atoms with E-state index in [9.17, 15) is 9.59 Å². The van der Waals surface area contributed by atoms with Gasteiger partial charge < -0.3 is 19.3 Å². The average molecular weight is 408 g/mol. The second kappa shape index (κ2) is 10.7. The summed E-state index contributed by atoms with van der Waals surface area (Å²) < 4.78 is 10.8. The van der Waals surface area contributed by atoms with Gasteiger partial charge in [-0.05, 0) is 31.2 Å². The number of nitrogens with zero attached hydrogens (tertiary/aromatic N) is 3. The Morgan fingerprint density at radius 3 is 2.18 bits per heavy atom. The molecule has 1 aromatic rings. The van der Waals surface area contributed by atoms with Crippen LogP contribution in [0.3, 0.4) is 0 Å². The molecule has 0 bridgehead atoms. The smallest absolute Gasteiger partial charge is 0.236 e. The van der Waals surface area contributed by atoms with E-state index in [1.165, 1.54) is 11.8 Å². The zero-order valence-corrected chi connectivity index (χ0v) is 17.3. The molecular weight excluding hydrogens is 378 g/mol. The summed E-state index contributed by atoms with van der Waals surface area (Å²) in [7, 11) is 0. The Morgan fingerprint density at radius 2 is 1.57 bits per heavy atom. The Kier molecular flexibility index (Phi) is 8.00. The zero-order chi connectivity index (χ0) is 19.8. The maximum absolute atomic E-state index is 12.5. The van der Waals surface area contributed by atoms with Crippen molar-refractivity contribution < 1.29 is 19.1 Å². The summed E-state index contributed by atoms with van der Waals surface area (Å²) in [6, 6.07) is 7.81. The lowest BCUT2D eigenvalue weighted by atomic mass is 10.3. The molecule has 2 heterocycles. The molecule has 7 nitrogen and oxygen atoms in total. The maximum Gasteiger partial charge on any atom is 0.236 e. The van der Waals surface area contributed by atoms with E-state index in [4.69, 9.17) is 9.47 Å². The van der Waals surface area contributed by atoms with Crippen LogP contribution in [0.2, 0.25) is 0 Å². The Morgan fingerprint density at radius 1 is 0.964 bits per heavy atom. The molecule has 0 saturated carbocycles. The van der Waals surface area contributed by atoms with Gasteiger partial charge in [-0.3, -0.25) is 14.5 Å². The normalized spacial score (nSPS) is 18.2. The third-order valence-corrected chi connectivity index (χ3v) is 5.94. The van der Waals surface area contributed by atoms with Crippen LogP contribution in [-0.4, -0.2) is 97.9 Å². The summed E-state index contributed by atoms with van der Waals surface area (Å²) in [5.74, 6) is 1.53. The van der Waals surface area contributed by atoms with E-state index >= 15 is 0 Å². The Labute approximate surface area is 170 Å². The van der Waals surface area contributed by atoms with Crippen LogP contribution in [0.1, 0.15) is 6.92 Å². The van der Waals surface area contributed by atoms with Gasteiger partial charge >= 0.3 is 0 Å². The van der Waals surface area contributed by atoms with Gasteiger partial charge in [0, 0.05) is 44.2 Å². The highest BCUT2D eigenvalue weighted by Gasteiger charge is 2.25. The van der Waals surface area contributed by atoms with Crippen molar-refractivity contribution in [3.63, 3.8) is 0 Å². The number of piperazine rings is 1. The number of thioether (sulfide) groups is 1. The number of benzene rings is 1. The second-order valence-electron chi connectivity index (χ2n) is 6.84. The number of carbonyl (C=O) groups excluding carboxylic acids is 2. The van der Waals surface area contributed by atoms with Gasteiger partial charge in [0.15, 0.2) is 0 Å². The summed E-state index contributed by atoms with van der Waals surface area (Å²) in [6.45, 7) is 8.51. The van der Waals surface area contributed by atoms with Gasteiger partial charge in [0.05, 0.1) is 32.1 Å². The van der Waals surface area contributed by atoms with Gasteiger partial charge in [-0.2, -0.15) is 0 Å². The van der Waals surface area contributed by atoms with Gasteiger partial charge in [-0.1, -0.05) is 0 Å².